The molecular weight excluding hydrogens is 364 g/mol. The highest BCUT2D eigenvalue weighted by molar-refractivity contribution is 7.88. The summed E-state index contributed by atoms with van der Waals surface area (Å²) in [7, 11) is -3.27. The van der Waals surface area contributed by atoms with Gasteiger partial charge in [-0.15, -0.1) is 0 Å². The highest BCUT2D eigenvalue weighted by Gasteiger charge is 2.27. The van der Waals surface area contributed by atoms with Crippen molar-refractivity contribution in [3.8, 4) is 0 Å². The molecule has 0 unspecified atom stereocenters. The monoisotopic (exact) mass is 384 g/mol. The van der Waals surface area contributed by atoms with Crippen molar-refractivity contribution < 1.29 is 8.42 Å². The smallest absolute Gasteiger partial charge is 0.218 e. The first-order chi connectivity index (χ1) is 11.4. The van der Waals surface area contributed by atoms with Crippen LogP contribution in [0.15, 0.2) is 30.3 Å². The molecule has 0 saturated carbocycles. The van der Waals surface area contributed by atoms with Crippen LogP contribution < -0.4 is 0 Å². The van der Waals surface area contributed by atoms with Gasteiger partial charge in [0.15, 0.2) is 3.95 Å². The van der Waals surface area contributed by atoms with Gasteiger partial charge in [0.1, 0.15) is 5.01 Å². The highest BCUT2D eigenvalue weighted by Crippen LogP contribution is 2.15. The lowest BCUT2D eigenvalue weighted by atomic mass is 10.2. The SMILES string of the molecule is Cc1nn(CN2CCN(S(=O)(=O)Cc3ccccc3)CC2)c(=S)s1. The van der Waals surface area contributed by atoms with Crippen LogP contribution in [0.4, 0.5) is 0 Å². The van der Waals surface area contributed by atoms with Gasteiger partial charge < -0.3 is 0 Å². The van der Waals surface area contributed by atoms with E-state index in [9.17, 15) is 8.42 Å². The summed E-state index contributed by atoms with van der Waals surface area (Å²) in [5.74, 6) is 0.0597. The van der Waals surface area contributed by atoms with Gasteiger partial charge >= 0.3 is 0 Å². The number of rotatable bonds is 5. The van der Waals surface area contributed by atoms with E-state index in [4.69, 9.17) is 12.2 Å². The van der Waals surface area contributed by atoms with Gasteiger partial charge in [0.25, 0.3) is 0 Å². The van der Waals surface area contributed by atoms with Gasteiger partial charge in [-0.25, -0.2) is 13.1 Å². The zero-order chi connectivity index (χ0) is 17.2. The number of sulfonamides is 1. The van der Waals surface area contributed by atoms with Crippen molar-refractivity contribution in [1.29, 1.82) is 0 Å². The van der Waals surface area contributed by atoms with E-state index in [2.05, 4.69) is 10.00 Å². The molecule has 0 amide bonds. The molecule has 24 heavy (non-hydrogen) atoms. The average Bonchev–Trinajstić information content (AvgIpc) is 2.86. The predicted molar refractivity (Wildman–Crippen MR) is 97.9 cm³/mol. The summed E-state index contributed by atoms with van der Waals surface area (Å²) in [6.07, 6.45) is 0. The Bertz CT molecular complexity index is 837. The van der Waals surface area contributed by atoms with Crippen LogP contribution >= 0.6 is 23.6 Å². The second kappa shape index (κ2) is 7.40. The van der Waals surface area contributed by atoms with Crippen LogP contribution in [0.3, 0.4) is 0 Å². The summed E-state index contributed by atoms with van der Waals surface area (Å²) in [4.78, 5) is 2.18. The lowest BCUT2D eigenvalue weighted by Crippen LogP contribution is -2.49. The Kier molecular flexibility index (Phi) is 5.46. The lowest BCUT2D eigenvalue weighted by molar-refractivity contribution is 0.145. The van der Waals surface area contributed by atoms with Gasteiger partial charge in [-0.1, -0.05) is 41.7 Å². The fourth-order valence-electron chi connectivity index (χ4n) is 2.71. The van der Waals surface area contributed by atoms with Crippen molar-refractivity contribution in [2.45, 2.75) is 19.3 Å². The van der Waals surface area contributed by atoms with Crippen molar-refractivity contribution in [3.05, 3.63) is 44.9 Å². The topological polar surface area (TPSA) is 58.4 Å². The van der Waals surface area contributed by atoms with Gasteiger partial charge in [-0.05, 0) is 24.7 Å². The Hall–Kier alpha value is -1.13. The van der Waals surface area contributed by atoms with Crippen LogP contribution in [-0.2, 0) is 22.4 Å². The van der Waals surface area contributed by atoms with Crippen molar-refractivity contribution in [3.63, 3.8) is 0 Å². The maximum Gasteiger partial charge on any atom is 0.218 e. The molecule has 2 heterocycles. The van der Waals surface area contributed by atoms with Crippen LogP contribution in [0.5, 0.6) is 0 Å². The van der Waals surface area contributed by atoms with Gasteiger partial charge in [0, 0.05) is 26.2 Å². The first-order valence-corrected chi connectivity index (χ1v) is 10.6. The molecule has 0 bridgehead atoms. The molecule has 130 valence electrons. The number of hydrogen-bond donors (Lipinski definition) is 0. The summed E-state index contributed by atoms with van der Waals surface area (Å²) in [6, 6.07) is 9.31. The maximum atomic E-state index is 12.6. The first-order valence-electron chi connectivity index (χ1n) is 7.73. The molecule has 1 aliphatic rings. The molecule has 1 aromatic carbocycles. The molecule has 1 saturated heterocycles. The highest BCUT2D eigenvalue weighted by atomic mass is 32.2. The van der Waals surface area contributed by atoms with E-state index in [-0.39, 0.29) is 5.75 Å². The molecule has 0 spiro atoms. The third kappa shape index (κ3) is 4.28. The number of aryl methyl sites for hydroxylation is 1. The molecular formula is C15H20N4O2S3. The number of benzene rings is 1. The van der Waals surface area contributed by atoms with Gasteiger partial charge in [-0.3, -0.25) is 4.90 Å². The third-order valence-electron chi connectivity index (χ3n) is 3.96. The second-order valence-corrected chi connectivity index (χ2v) is 9.58. The van der Waals surface area contributed by atoms with Gasteiger partial charge in [-0.2, -0.15) is 9.40 Å². The van der Waals surface area contributed by atoms with E-state index >= 15 is 0 Å². The molecule has 1 aromatic heterocycles. The average molecular weight is 385 g/mol. The summed E-state index contributed by atoms with van der Waals surface area (Å²) < 4.78 is 29.3. The van der Waals surface area contributed by atoms with E-state index in [0.717, 1.165) is 14.5 Å². The second-order valence-electron chi connectivity index (χ2n) is 5.79. The Morgan fingerprint density at radius 3 is 2.42 bits per heavy atom. The summed E-state index contributed by atoms with van der Waals surface area (Å²) in [6.45, 7) is 4.94. The van der Waals surface area contributed by atoms with Crippen molar-refractivity contribution in [2.75, 3.05) is 26.2 Å². The molecule has 0 radical (unpaired) electrons. The standard InChI is InChI=1S/C15H20N4O2S3/c1-13-16-19(15(22)23-13)12-17-7-9-18(10-8-17)24(20,21)11-14-5-3-2-4-6-14/h2-6H,7-12H2,1H3. The van der Waals surface area contributed by atoms with E-state index in [1.54, 1.807) is 4.31 Å². The van der Waals surface area contributed by atoms with Crippen LogP contribution in [0, 0.1) is 10.9 Å². The molecule has 1 fully saturated rings. The summed E-state index contributed by atoms with van der Waals surface area (Å²) in [5.41, 5.74) is 0.823. The minimum absolute atomic E-state index is 0.0597. The summed E-state index contributed by atoms with van der Waals surface area (Å²) in [5, 5.41) is 5.33. The normalized spacial score (nSPS) is 17.2. The Labute approximate surface area is 151 Å². The number of nitrogens with zero attached hydrogens (tertiary/aromatic N) is 4. The Morgan fingerprint density at radius 2 is 1.83 bits per heavy atom. The number of hydrogen-bond acceptors (Lipinski definition) is 6. The third-order valence-corrected chi connectivity index (χ3v) is 7.03. The van der Waals surface area contributed by atoms with E-state index in [0.29, 0.717) is 32.8 Å². The van der Waals surface area contributed by atoms with E-state index < -0.39 is 10.0 Å². The minimum atomic E-state index is -3.27. The minimum Gasteiger partial charge on any atom is -0.282 e. The van der Waals surface area contributed by atoms with Crippen molar-refractivity contribution in [1.82, 2.24) is 19.0 Å². The fraction of sp³-hybridized carbons (Fsp3) is 0.467. The van der Waals surface area contributed by atoms with Crippen LogP contribution in [0.1, 0.15) is 10.6 Å². The van der Waals surface area contributed by atoms with Crippen molar-refractivity contribution >= 4 is 33.6 Å². The largest absolute Gasteiger partial charge is 0.282 e. The van der Waals surface area contributed by atoms with Crippen molar-refractivity contribution in [2.24, 2.45) is 0 Å². The van der Waals surface area contributed by atoms with E-state index in [1.165, 1.54) is 11.3 Å². The fourth-order valence-corrected chi connectivity index (χ4v) is 5.29. The van der Waals surface area contributed by atoms with Gasteiger partial charge in [0.05, 0.1) is 12.4 Å². The molecule has 1 aliphatic heterocycles. The van der Waals surface area contributed by atoms with E-state index in [1.807, 2.05) is 41.9 Å². The zero-order valence-electron chi connectivity index (χ0n) is 13.5. The van der Waals surface area contributed by atoms with Gasteiger partial charge in [0.2, 0.25) is 10.0 Å². The Balaban J connectivity index is 1.58. The molecule has 3 rings (SSSR count). The maximum absolute atomic E-state index is 12.6. The number of piperazine rings is 1. The van der Waals surface area contributed by atoms with Crippen LogP contribution in [0.25, 0.3) is 0 Å². The lowest BCUT2D eigenvalue weighted by Gasteiger charge is -2.33. The van der Waals surface area contributed by atoms with Crippen LogP contribution in [0.2, 0.25) is 0 Å². The molecule has 6 nitrogen and oxygen atoms in total. The quantitative estimate of drug-likeness (QED) is 0.739. The predicted octanol–water partition coefficient (Wildman–Crippen LogP) is 2.09. The number of aromatic nitrogens is 2. The first kappa shape index (κ1) is 17.7. The molecule has 0 N–H and O–H groups in total. The zero-order valence-corrected chi connectivity index (χ0v) is 15.9. The molecule has 0 aliphatic carbocycles. The Morgan fingerprint density at radius 1 is 1.17 bits per heavy atom. The molecule has 0 atom stereocenters. The molecule has 9 heteroatoms. The van der Waals surface area contributed by atoms with Crippen LogP contribution in [-0.4, -0.2) is 53.6 Å². The molecule has 2 aromatic rings. The summed E-state index contributed by atoms with van der Waals surface area (Å²) >= 11 is 6.78.